The molecule has 0 bridgehead atoms. The van der Waals surface area contributed by atoms with Gasteiger partial charge in [0.05, 0.1) is 24.3 Å². The van der Waals surface area contributed by atoms with E-state index in [1.165, 1.54) is 5.56 Å². The van der Waals surface area contributed by atoms with E-state index in [9.17, 15) is 5.11 Å². The molecule has 2 aromatic rings. The quantitative estimate of drug-likeness (QED) is 0.910. The van der Waals surface area contributed by atoms with Crippen LogP contribution in [-0.4, -0.2) is 14.7 Å². The molecule has 1 N–H and O–H groups in total. The molecule has 0 amide bonds. The summed E-state index contributed by atoms with van der Waals surface area (Å²) in [7, 11) is 0. The Morgan fingerprint density at radius 3 is 3.20 bits per heavy atom. The molecule has 20 heavy (non-hydrogen) atoms. The van der Waals surface area contributed by atoms with Gasteiger partial charge in [0.15, 0.2) is 0 Å². The molecule has 4 nitrogen and oxygen atoms in total. The highest BCUT2D eigenvalue weighted by atomic mass is 16.5. The lowest BCUT2D eigenvalue weighted by molar-refractivity contribution is 0.180. The van der Waals surface area contributed by atoms with Gasteiger partial charge in [-0.25, -0.2) is 4.98 Å². The second-order valence-corrected chi connectivity index (χ2v) is 5.28. The van der Waals surface area contributed by atoms with Crippen LogP contribution in [0.25, 0.3) is 0 Å². The van der Waals surface area contributed by atoms with E-state index >= 15 is 0 Å². The number of nitrogens with zero attached hydrogens (tertiary/aromatic N) is 2. The summed E-state index contributed by atoms with van der Waals surface area (Å²) in [6.45, 7) is 3.65. The van der Waals surface area contributed by atoms with Crippen LogP contribution in [0.5, 0.6) is 5.75 Å². The third-order valence-corrected chi connectivity index (χ3v) is 3.81. The van der Waals surface area contributed by atoms with Crippen LogP contribution in [-0.2, 0) is 19.6 Å². The lowest BCUT2D eigenvalue weighted by Crippen LogP contribution is -2.05. The van der Waals surface area contributed by atoms with Gasteiger partial charge in [-0.2, -0.15) is 0 Å². The molecule has 0 spiro atoms. The number of aryl methyl sites for hydroxylation is 2. The van der Waals surface area contributed by atoms with E-state index in [0.717, 1.165) is 42.8 Å². The Hall–Kier alpha value is -1.81. The average molecular weight is 272 g/mol. The number of ether oxygens (including phenoxy) is 1. The lowest BCUT2D eigenvalue weighted by Gasteiger charge is -2.10. The van der Waals surface area contributed by atoms with Crippen molar-refractivity contribution < 1.29 is 9.84 Å². The molecule has 1 atom stereocenters. The van der Waals surface area contributed by atoms with Gasteiger partial charge in [-0.15, -0.1) is 0 Å². The zero-order valence-electron chi connectivity index (χ0n) is 11.7. The van der Waals surface area contributed by atoms with Gasteiger partial charge in [0, 0.05) is 6.54 Å². The molecule has 0 radical (unpaired) electrons. The second kappa shape index (κ2) is 5.67. The summed E-state index contributed by atoms with van der Waals surface area (Å²) in [5, 5.41) is 9.80. The number of fused-ring (bicyclic) bond motifs is 1. The van der Waals surface area contributed by atoms with Crippen molar-refractivity contribution in [3.63, 3.8) is 0 Å². The predicted octanol–water partition coefficient (Wildman–Crippen LogP) is 2.85. The summed E-state index contributed by atoms with van der Waals surface area (Å²) >= 11 is 0. The van der Waals surface area contributed by atoms with Gasteiger partial charge in [-0.3, -0.25) is 0 Å². The van der Waals surface area contributed by atoms with Gasteiger partial charge in [-0.1, -0.05) is 13.0 Å². The Bertz CT molecular complexity index is 592. The maximum Gasteiger partial charge on any atom is 0.130 e. The summed E-state index contributed by atoms with van der Waals surface area (Å²) in [6, 6.07) is 5.96. The van der Waals surface area contributed by atoms with E-state index in [1.807, 2.05) is 30.7 Å². The number of hydrogen-bond acceptors (Lipinski definition) is 3. The number of benzene rings is 1. The van der Waals surface area contributed by atoms with E-state index in [-0.39, 0.29) is 6.10 Å². The first kappa shape index (κ1) is 13.2. The maximum absolute atomic E-state index is 9.80. The molecule has 1 aliphatic carbocycles. The summed E-state index contributed by atoms with van der Waals surface area (Å²) in [6.07, 6.45) is 6.24. The molecule has 0 aliphatic heterocycles. The van der Waals surface area contributed by atoms with Crippen molar-refractivity contribution in [3.8, 4) is 5.75 Å². The third kappa shape index (κ3) is 2.56. The smallest absolute Gasteiger partial charge is 0.130 e. The standard InChI is InChI=1S/C16H20N2O2/c1-2-7-18-11-17-9-13(18)10-20-14-4-5-15-12(8-14)3-6-16(15)19/h4-5,8-9,11,16,19H,2-3,6-7,10H2,1H3/t16-/m1/s1. The zero-order valence-corrected chi connectivity index (χ0v) is 11.7. The van der Waals surface area contributed by atoms with Crippen LogP contribution in [0.2, 0.25) is 0 Å². The van der Waals surface area contributed by atoms with Crippen molar-refractivity contribution in [2.45, 2.75) is 45.4 Å². The lowest BCUT2D eigenvalue weighted by atomic mass is 10.1. The molecule has 0 unspecified atom stereocenters. The monoisotopic (exact) mass is 272 g/mol. The number of imidazole rings is 1. The van der Waals surface area contributed by atoms with Crippen LogP contribution in [0.1, 0.15) is 42.7 Å². The Morgan fingerprint density at radius 1 is 1.45 bits per heavy atom. The average Bonchev–Trinajstić information content (AvgIpc) is 3.04. The third-order valence-electron chi connectivity index (χ3n) is 3.81. The highest BCUT2D eigenvalue weighted by Gasteiger charge is 2.20. The van der Waals surface area contributed by atoms with Crippen LogP contribution in [0, 0.1) is 0 Å². The number of aliphatic hydroxyl groups excluding tert-OH is 1. The van der Waals surface area contributed by atoms with Gasteiger partial charge in [0.1, 0.15) is 12.4 Å². The first-order valence-electron chi connectivity index (χ1n) is 7.20. The number of rotatable bonds is 5. The van der Waals surface area contributed by atoms with E-state index in [1.54, 1.807) is 0 Å². The van der Waals surface area contributed by atoms with E-state index < -0.39 is 0 Å². The minimum atomic E-state index is -0.301. The second-order valence-electron chi connectivity index (χ2n) is 5.28. The number of aliphatic hydroxyl groups is 1. The van der Waals surface area contributed by atoms with Gasteiger partial charge in [0.2, 0.25) is 0 Å². The zero-order chi connectivity index (χ0) is 13.9. The highest BCUT2D eigenvalue weighted by Crippen LogP contribution is 2.33. The molecule has 0 saturated carbocycles. The summed E-state index contributed by atoms with van der Waals surface area (Å²) in [4.78, 5) is 4.17. The number of aromatic nitrogens is 2. The molecule has 3 rings (SSSR count). The van der Waals surface area contributed by atoms with Gasteiger partial charge in [-0.05, 0) is 42.5 Å². The van der Waals surface area contributed by atoms with Gasteiger partial charge >= 0.3 is 0 Å². The minimum Gasteiger partial charge on any atom is -0.487 e. The van der Waals surface area contributed by atoms with Crippen molar-refractivity contribution in [2.24, 2.45) is 0 Å². The molecule has 1 aromatic carbocycles. The van der Waals surface area contributed by atoms with Crippen LogP contribution in [0.15, 0.2) is 30.7 Å². The fourth-order valence-corrected chi connectivity index (χ4v) is 2.73. The van der Waals surface area contributed by atoms with Crippen molar-refractivity contribution >= 4 is 0 Å². The highest BCUT2D eigenvalue weighted by molar-refractivity contribution is 5.39. The molecule has 0 saturated heterocycles. The van der Waals surface area contributed by atoms with Crippen molar-refractivity contribution in [3.05, 3.63) is 47.5 Å². The predicted molar refractivity (Wildman–Crippen MR) is 76.6 cm³/mol. The number of hydrogen-bond donors (Lipinski definition) is 1. The minimum absolute atomic E-state index is 0.301. The summed E-state index contributed by atoms with van der Waals surface area (Å²) < 4.78 is 7.98. The molecular formula is C16H20N2O2. The first-order valence-corrected chi connectivity index (χ1v) is 7.20. The van der Waals surface area contributed by atoms with Gasteiger partial charge in [0.25, 0.3) is 0 Å². The van der Waals surface area contributed by atoms with E-state index in [0.29, 0.717) is 6.61 Å². The van der Waals surface area contributed by atoms with Crippen LogP contribution in [0.3, 0.4) is 0 Å². The van der Waals surface area contributed by atoms with E-state index in [2.05, 4.69) is 16.5 Å². The first-order chi connectivity index (χ1) is 9.78. The van der Waals surface area contributed by atoms with E-state index in [4.69, 9.17) is 4.74 Å². The molecule has 4 heteroatoms. The molecule has 1 heterocycles. The Labute approximate surface area is 119 Å². The molecular weight excluding hydrogens is 252 g/mol. The molecule has 0 fully saturated rings. The normalized spacial score (nSPS) is 17.2. The topological polar surface area (TPSA) is 47.3 Å². The SMILES string of the molecule is CCCn1cncc1COc1ccc2c(c1)CC[C@H]2O. The van der Waals surface area contributed by atoms with Crippen LogP contribution in [0.4, 0.5) is 0 Å². The van der Waals surface area contributed by atoms with Crippen LogP contribution < -0.4 is 4.74 Å². The largest absolute Gasteiger partial charge is 0.487 e. The maximum atomic E-state index is 9.80. The molecule has 1 aromatic heterocycles. The molecule has 1 aliphatic rings. The Morgan fingerprint density at radius 2 is 2.35 bits per heavy atom. The fraction of sp³-hybridized carbons (Fsp3) is 0.438. The Kier molecular flexibility index (Phi) is 3.74. The van der Waals surface area contributed by atoms with Gasteiger partial charge < -0.3 is 14.4 Å². The molecule has 106 valence electrons. The van der Waals surface area contributed by atoms with Crippen molar-refractivity contribution in [2.75, 3.05) is 0 Å². The summed E-state index contributed by atoms with van der Waals surface area (Å²) in [5.41, 5.74) is 3.35. The summed E-state index contributed by atoms with van der Waals surface area (Å²) in [5.74, 6) is 0.863. The Balaban J connectivity index is 1.68. The van der Waals surface area contributed by atoms with Crippen molar-refractivity contribution in [1.29, 1.82) is 0 Å². The van der Waals surface area contributed by atoms with Crippen LogP contribution >= 0.6 is 0 Å². The van der Waals surface area contributed by atoms with Crippen molar-refractivity contribution in [1.82, 2.24) is 9.55 Å². The fourth-order valence-electron chi connectivity index (χ4n) is 2.73.